The highest BCUT2D eigenvalue weighted by Gasteiger charge is 2.18. The van der Waals surface area contributed by atoms with Gasteiger partial charge in [-0.05, 0) is 53.9 Å². The van der Waals surface area contributed by atoms with E-state index in [-0.39, 0.29) is 11.6 Å². The average molecular weight is 320 g/mol. The van der Waals surface area contributed by atoms with Crippen molar-refractivity contribution in [1.82, 2.24) is 5.32 Å². The Bertz CT molecular complexity index is 396. The molecule has 0 spiro atoms. The molecule has 1 aromatic rings. The Hall–Kier alpha value is -0.480. The van der Waals surface area contributed by atoms with E-state index in [2.05, 4.69) is 35.1 Å². The van der Waals surface area contributed by atoms with Crippen LogP contribution < -0.4 is 5.32 Å². The summed E-state index contributed by atoms with van der Waals surface area (Å²) in [5.74, 6) is -0.416. The molecule has 0 heterocycles. The van der Waals surface area contributed by atoms with Crippen LogP contribution in [-0.2, 0) is 6.42 Å². The molecule has 4 heteroatoms. The Morgan fingerprint density at radius 3 is 2.56 bits per heavy atom. The molecule has 0 aromatic heterocycles. The van der Waals surface area contributed by atoms with Crippen molar-refractivity contribution >= 4 is 15.9 Å². The molecule has 1 aromatic carbocycles. The second kappa shape index (κ2) is 7.19. The Morgan fingerprint density at radius 1 is 1.33 bits per heavy atom. The molecule has 0 bridgehead atoms. The van der Waals surface area contributed by atoms with E-state index >= 15 is 0 Å². The summed E-state index contributed by atoms with van der Waals surface area (Å²) in [6.45, 7) is 4.27. The normalized spacial score (nSPS) is 14.6. The van der Waals surface area contributed by atoms with Crippen LogP contribution in [0.3, 0.4) is 0 Å². The second-order valence-corrected chi connectivity index (χ2v) is 5.61. The molecule has 0 aliphatic carbocycles. The summed E-state index contributed by atoms with van der Waals surface area (Å²) >= 11 is 3.09. The third-order valence-corrected chi connectivity index (χ3v) is 3.99. The van der Waals surface area contributed by atoms with Gasteiger partial charge in [-0.1, -0.05) is 20.3 Å². The lowest BCUT2D eigenvalue weighted by Crippen LogP contribution is -2.30. The Morgan fingerprint density at radius 2 is 2.00 bits per heavy atom. The molecule has 2 unspecified atom stereocenters. The first kappa shape index (κ1) is 15.6. The van der Waals surface area contributed by atoms with Gasteiger partial charge in [0.1, 0.15) is 11.6 Å². The zero-order valence-electron chi connectivity index (χ0n) is 11.1. The maximum Gasteiger partial charge on any atom is 0.143 e. The smallest absolute Gasteiger partial charge is 0.143 e. The number of likely N-dealkylation sites (N-methyl/N-ethyl adjacent to an activating group) is 1. The fourth-order valence-corrected chi connectivity index (χ4v) is 2.33. The van der Waals surface area contributed by atoms with Crippen molar-refractivity contribution in [2.24, 2.45) is 5.92 Å². The number of rotatable bonds is 6. The second-order valence-electron chi connectivity index (χ2n) is 4.76. The predicted octanol–water partition coefficient (Wildman–Crippen LogP) is 4.29. The first-order chi connectivity index (χ1) is 8.49. The zero-order valence-corrected chi connectivity index (χ0v) is 12.7. The molecule has 0 radical (unpaired) electrons. The number of hydrogen-bond donors (Lipinski definition) is 1. The molecule has 0 amide bonds. The summed E-state index contributed by atoms with van der Waals surface area (Å²) < 4.78 is 27.8. The molecule has 0 saturated heterocycles. The minimum atomic E-state index is -0.487. The van der Waals surface area contributed by atoms with Crippen LogP contribution in [0.25, 0.3) is 0 Å². The van der Waals surface area contributed by atoms with Crippen LogP contribution in [-0.4, -0.2) is 13.1 Å². The SMILES string of the molecule is CCC(C)CC(Cc1c(F)ccc(Br)c1F)NC. The van der Waals surface area contributed by atoms with Gasteiger partial charge in [0.05, 0.1) is 4.47 Å². The van der Waals surface area contributed by atoms with Gasteiger partial charge >= 0.3 is 0 Å². The Labute approximate surface area is 116 Å². The number of hydrogen-bond acceptors (Lipinski definition) is 1. The van der Waals surface area contributed by atoms with Crippen LogP contribution in [0.1, 0.15) is 32.3 Å². The molecule has 1 nitrogen and oxygen atoms in total. The Balaban J connectivity index is 2.85. The van der Waals surface area contributed by atoms with Crippen molar-refractivity contribution in [3.8, 4) is 0 Å². The fraction of sp³-hybridized carbons (Fsp3) is 0.571. The van der Waals surface area contributed by atoms with Gasteiger partial charge in [0.2, 0.25) is 0 Å². The van der Waals surface area contributed by atoms with Crippen molar-refractivity contribution in [3.63, 3.8) is 0 Å². The van der Waals surface area contributed by atoms with E-state index < -0.39 is 11.6 Å². The van der Waals surface area contributed by atoms with E-state index in [0.717, 1.165) is 12.8 Å². The van der Waals surface area contributed by atoms with Crippen LogP contribution in [0.2, 0.25) is 0 Å². The Kier molecular flexibility index (Phi) is 6.22. The average Bonchev–Trinajstić information content (AvgIpc) is 2.37. The lowest BCUT2D eigenvalue weighted by molar-refractivity contribution is 0.400. The number of halogens is 3. The first-order valence-corrected chi connectivity index (χ1v) is 7.08. The summed E-state index contributed by atoms with van der Waals surface area (Å²) in [6.07, 6.45) is 2.36. The minimum absolute atomic E-state index is 0.0956. The maximum atomic E-state index is 13.9. The van der Waals surface area contributed by atoms with E-state index in [0.29, 0.717) is 16.8 Å². The van der Waals surface area contributed by atoms with Crippen molar-refractivity contribution in [1.29, 1.82) is 0 Å². The van der Waals surface area contributed by atoms with Crippen LogP contribution in [0, 0.1) is 17.6 Å². The molecule has 2 atom stereocenters. The topological polar surface area (TPSA) is 12.0 Å². The monoisotopic (exact) mass is 319 g/mol. The summed E-state index contributed by atoms with van der Waals surface area (Å²) in [6, 6.07) is 2.80. The predicted molar refractivity (Wildman–Crippen MR) is 74.7 cm³/mol. The van der Waals surface area contributed by atoms with Crippen molar-refractivity contribution in [2.75, 3.05) is 7.05 Å². The molecule has 1 N–H and O–H groups in total. The highest BCUT2D eigenvalue weighted by molar-refractivity contribution is 9.10. The van der Waals surface area contributed by atoms with E-state index in [4.69, 9.17) is 0 Å². The van der Waals surface area contributed by atoms with Gasteiger partial charge in [0.25, 0.3) is 0 Å². The largest absolute Gasteiger partial charge is 0.317 e. The molecule has 0 aliphatic rings. The summed E-state index contributed by atoms with van der Waals surface area (Å²) in [7, 11) is 1.83. The zero-order chi connectivity index (χ0) is 13.7. The molecule has 102 valence electrons. The third-order valence-electron chi connectivity index (χ3n) is 3.38. The van der Waals surface area contributed by atoms with Gasteiger partial charge in [-0.3, -0.25) is 0 Å². The molecule has 0 fully saturated rings. The van der Waals surface area contributed by atoms with Gasteiger partial charge in [-0.2, -0.15) is 0 Å². The van der Waals surface area contributed by atoms with E-state index in [1.54, 1.807) is 0 Å². The van der Waals surface area contributed by atoms with Gasteiger partial charge in [0, 0.05) is 11.6 Å². The standard InChI is InChI=1S/C14H20BrF2N/c1-4-9(2)7-10(18-3)8-11-13(16)6-5-12(15)14(11)17/h5-6,9-10,18H,4,7-8H2,1-3H3. The van der Waals surface area contributed by atoms with Gasteiger partial charge < -0.3 is 5.32 Å². The quantitative estimate of drug-likeness (QED) is 0.771. The molecular formula is C14H20BrF2N. The first-order valence-electron chi connectivity index (χ1n) is 6.29. The molecule has 1 rings (SSSR count). The minimum Gasteiger partial charge on any atom is -0.317 e. The summed E-state index contributed by atoms with van der Waals surface area (Å²) in [5, 5.41) is 3.14. The van der Waals surface area contributed by atoms with Crippen molar-refractivity contribution in [3.05, 3.63) is 33.8 Å². The number of nitrogens with one attached hydrogen (secondary N) is 1. The van der Waals surface area contributed by atoms with Crippen LogP contribution >= 0.6 is 15.9 Å². The van der Waals surface area contributed by atoms with Gasteiger partial charge in [-0.25, -0.2) is 8.78 Å². The lowest BCUT2D eigenvalue weighted by atomic mass is 9.94. The third kappa shape index (κ3) is 4.02. The molecule has 0 saturated carbocycles. The molecule has 0 aliphatic heterocycles. The molecule has 18 heavy (non-hydrogen) atoms. The number of benzene rings is 1. The van der Waals surface area contributed by atoms with Crippen molar-refractivity contribution in [2.45, 2.75) is 39.2 Å². The van der Waals surface area contributed by atoms with E-state index in [1.807, 2.05) is 7.05 Å². The van der Waals surface area contributed by atoms with Crippen molar-refractivity contribution < 1.29 is 8.78 Å². The summed E-state index contributed by atoms with van der Waals surface area (Å²) in [4.78, 5) is 0. The van der Waals surface area contributed by atoms with Gasteiger partial charge in [-0.15, -0.1) is 0 Å². The highest BCUT2D eigenvalue weighted by atomic mass is 79.9. The van der Waals surface area contributed by atoms with E-state index in [1.165, 1.54) is 12.1 Å². The van der Waals surface area contributed by atoms with Crippen LogP contribution in [0.5, 0.6) is 0 Å². The van der Waals surface area contributed by atoms with Crippen LogP contribution in [0.15, 0.2) is 16.6 Å². The van der Waals surface area contributed by atoms with E-state index in [9.17, 15) is 8.78 Å². The fourth-order valence-electron chi connectivity index (χ4n) is 1.96. The van der Waals surface area contributed by atoms with Gasteiger partial charge in [0.15, 0.2) is 0 Å². The lowest BCUT2D eigenvalue weighted by Gasteiger charge is -2.20. The molecular weight excluding hydrogens is 300 g/mol. The highest BCUT2D eigenvalue weighted by Crippen LogP contribution is 2.24. The summed E-state index contributed by atoms with van der Waals surface area (Å²) in [5.41, 5.74) is 0.159. The van der Waals surface area contributed by atoms with Crippen LogP contribution in [0.4, 0.5) is 8.78 Å². The maximum absolute atomic E-state index is 13.9.